The molecule has 0 atom stereocenters. The number of halogens is 2. The van der Waals surface area contributed by atoms with Gasteiger partial charge in [0.05, 0.1) is 0 Å². The quantitative estimate of drug-likeness (QED) is 0.588. The molecule has 6 heteroatoms. The lowest BCUT2D eigenvalue weighted by atomic mass is 10.2. The Bertz CT molecular complexity index is 747. The molecule has 0 unspecified atom stereocenters. The third kappa shape index (κ3) is 2.66. The van der Waals surface area contributed by atoms with E-state index in [1.165, 1.54) is 0 Å². The number of rotatable bonds is 3. The monoisotopic (exact) mass is 304 g/mol. The summed E-state index contributed by atoms with van der Waals surface area (Å²) in [6.07, 6.45) is 1.62. The molecular formula is C14H10Cl2N4. The summed E-state index contributed by atoms with van der Waals surface area (Å²) < 4.78 is 0. The lowest BCUT2D eigenvalue weighted by molar-refractivity contribution is 1.10. The molecule has 1 aromatic carbocycles. The van der Waals surface area contributed by atoms with Crippen molar-refractivity contribution in [1.82, 2.24) is 15.0 Å². The fourth-order valence-corrected chi connectivity index (χ4v) is 2.28. The van der Waals surface area contributed by atoms with Crippen molar-refractivity contribution >= 4 is 39.9 Å². The highest BCUT2D eigenvalue weighted by Gasteiger charge is 2.09. The summed E-state index contributed by atoms with van der Waals surface area (Å²) in [6.45, 7) is 0.642. The Kier molecular flexibility index (Phi) is 3.67. The average molecular weight is 305 g/mol. The molecule has 0 saturated carbocycles. The van der Waals surface area contributed by atoms with Crippen LogP contribution in [0, 0.1) is 0 Å². The van der Waals surface area contributed by atoms with Crippen LogP contribution >= 0.6 is 23.2 Å². The van der Waals surface area contributed by atoms with Gasteiger partial charge in [0, 0.05) is 18.1 Å². The predicted octanol–water partition coefficient (Wildman–Crippen LogP) is 3.94. The molecule has 0 radical (unpaired) electrons. The van der Waals surface area contributed by atoms with Crippen molar-refractivity contribution in [3.05, 3.63) is 58.6 Å². The summed E-state index contributed by atoms with van der Waals surface area (Å²) in [7, 11) is 0. The van der Waals surface area contributed by atoms with Gasteiger partial charge in [-0.05, 0) is 23.2 Å². The van der Waals surface area contributed by atoms with Crippen LogP contribution in [0.25, 0.3) is 10.9 Å². The molecule has 4 nitrogen and oxygen atoms in total. The zero-order chi connectivity index (χ0) is 13.9. The normalized spacial score (nSPS) is 10.7. The van der Waals surface area contributed by atoms with Crippen LogP contribution in [0.2, 0.25) is 10.4 Å². The largest absolute Gasteiger partial charge is 0.365 e. The molecule has 0 saturated heterocycles. The van der Waals surface area contributed by atoms with E-state index in [1.54, 1.807) is 6.20 Å². The zero-order valence-electron chi connectivity index (χ0n) is 10.3. The topological polar surface area (TPSA) is 50.7 Å². The van der Waals surface area contributed by atoms with Crippen molar-refractivity contribution in [2.24, 2.45) is 0 Å². The van der Waals surface area contributed by atoms with E-state index in [1.807, 2.05) is 36.4 Å². The lowest BCUT2D eigenvalue weighted by Gasteiger charge is -2.09. The van der Waals surface area contributed by atoms with Crippen molar-refractivity contribution in [3.63, 3.8) is 0 Å². The van der Waals surface area contributed by atoms with E-state index < -0.39 is 0 Å². The first-order valence-corrected chi connectivity index (χ1v) is 6.75. The number of pyridine rings is 1. The number of aromatic nitrogens is 3. The van der Waals surface area contributed by atoms with Crippen LogP contribution in [-0.4, -0.2) is 15.0 Å². The Morgan fingerprint density at radius 1 is 1.00 bits per heavy atom. The molecule has 0 aliphatic carbocycles. The third-order valence-corrected chi connectivity index (χ3v) is 3.29. The number of fused-ring (bicyclic) bond motifs is 1. The Hall–Kier alpha value is -1.91. The van der Waals surface area contributed by atoms with Crippen LogP contribution in [0.4, 0.5) is 5.82 Å². The van der Waals surface area contributed by atoms with Gasteiger partial charge in [-0.1, -0.05) is 41.9 Å². The van der Waals surface area contributed by atoms with Gasteiger partial charge in [0.2, 0.25) is 5.28 Å². The maximum atomic E-state index is 6.03. The molecule has 3 rings (SSSR count). The molecule has 0 aliphatic heterocycles. The Labute approximate surface area is 125 Å². The van der Waals surface area contributed by atoms with Gasteiger partial charge in [-0.3, -0.25) is 0 Å². The van der Waals surface area contributed by atoms with E-state index in [0.29, 0.717) is 23.0 Å². The molecule has 2 aromatic heterocycles. The van der Waals surface area contributed by atoms with Crippen LogP contribution < -0.4 is 5.32 Å². The van der Waals surface area contributed by atoms with Gasteiger partial charge < -0.3 is 5.32 Å². The highest BCUT2D eigenvalue weighted by Crippen LogP contribution is 2.26. The van der Waals surface area contributed by atoms with Gasteiger partial charge in [0.1, 0.15) is 11.3 Å². The fraction of sp³-hybridized carbons (Fsp3) is 0.0714. The number of hydrogen-bond donors (Lipinski definition) is 1. The summed E-state index contributed by atoms with van der Waals surface area (Å²) in [6, 6.07) is 11.8. The summed E-state index contributed by atoms with van der Waals surface area (Å²) in [5.41, 5.74) is 1.69. The maximum absolute atomic E-state index is 6.03. The van der Waals surface area contributed by atoms with Crippen LogP contribution in [0.3, 0.4) is 0 Å². The number of benzene rings is 1. The molecule has 0 fully saturated rings. The lowest BCUT2D eigenvalue weighted by Crippen LogP contribution is -2.03. The van der Waals surface area contributed by atoms with E-state index in [-0.39, 0.29) is 5.28 Å². The number of nitrogens with one attached hydrogen (secondary N) is 1. The first-order chi connectivity index (χ1) is 9.74. The van der Waals surface area contributed by atoms with Crippen molar-refractivity contribution in [2.45, 2.75) is 6.54 Å². The molecule has 0 bridgehead atoms. The molecule has 0 spiro atoms. The highest BCUT2D eigenvalue weighted by atomic mass is 35.5. The first kappa shape index (κ1) is 13.1. The standard InChI is InChI=1S/C14H10Cl2N4/c15-12-11-10(6-7-17-12)13(20-14(16)19-11)18-8-9-4-2-1-3-5-9/h1-7H,8H2,(H,18,19,20). The second-order valence-corrected chi connectivity index (χ2v) is 4.87. The van der Waals surface area contributed by atoms with Crippen molar-refractivity contribution in [3.8, 4) is 0 Å². The summed E-state index contributed by atoms with van der Waals surface area (Å²) >= 11 is 12.0. The minimum absolute atomic E-state index is 0.142. The average Bonchev–Trinajstić information content (AvgIpc) is 2.47. The van der Waals surface area contributed by atoms with Gasteiger partial charge in [0.25, 0.3) is 0 Å². The van der Waals surface area contributed by atoms with Gasteiger partial charge in [-0.25, -0.2) is 15.0 Å². The maximum Gasteiger partial charge on any atom is 0.225 e. The number of nitrogens with zero attached hydrogens (tertiary/aromatic N) is 3. The molecule has 3 aromatic rings. The smallest absolute Gasteiger partial charge is 0.225 e. The van der Waals surface area contributed by atoms with E-state index in [0.717, 1.165) is 10.9 Å². The van der Waals surface area contributed by atoms with Gasteiger partial charge in [0.15, 0.2) is 5.15 Å². The number of hydrogen-bond acceptors (Lipinski definition) is 4. The van der Waals surface area contributed by atoms with E-state index in [4.69, 9.17) is 23.2 Å². The van der Waals surface area contributed by atoms with Gasteiger partial charge in [-0.15, -0.1) is 0 Å². The van der Waals surface area contributed by atoms with Gasteiger partial charge in [-0.2, -0.15) is 0 Å². The second kappa shape index (κ2) is 5.61. The number of anilines is 1. The SMILES string of the molecule is Clc1nc(NCc2ccccc2)c2ccnc(Cl)c2n1. The van der Waals surface area contributed by atoms with Gasteiger partial charge >= 0.3 is 0 Å². The molecular weight excluding hydrogens is 295 g/mol. The van der Waals surface area contributed by atoms with E-state index in [2.05, 4.69) is 20.3 Å². The van der Waals surface area contributed by atoms with Crippen molar-refractivity contribution in [2.75, 3.05) is 5.32 Å². The Morgan fingerprint density at radius 3 is 2.60 bits per heavy atom. The van der Waals surface area contributed by atoms with Crippen molar-refractivity contribution in [1.29, 1.82) is 0 Å². The van der Waals surface area contributed by atoms with Crippen LogP contribution in [0.5, 0.6) is 0 Å². The summed E-state index contributed by atoms with van der Waals surface area (Å²) in [5, 5.41) is 4.50. The molecule has 100 valence electrons. The third-order valence-electron chi connectivity index (χ3n) is 2.85. The Balaban J connectivity index is 1.97. The molecule has 0 amide bonds. The summed E-state index contributed by atoms with van der Waals surface area (Å²) in [4.78, 5) is 12.3. The minimum Gasteiger partial charge on any atom is -0.365 e. The molecule has 20 heavy (non-hydrogen) atoms. The highest BCUT2D eigenvalue weighted by molar-refractivity contribution is 6.34. The Morgan fingerprint density at radius 2 is 1.80 bits per heavy atom. The van der Waals surface area contributed by atoms with Crippen LogP contribution in [0.1, 0.15) is 5.56 Å². The first-order valence-electron chi connectivity index (χ1n) is 5.99. The minimum atomic E-state index is 0.142. The second-order valence-electron chi connectivity index (χ2n) is 4.18. The molecule has 2 heterocycles. The fourth-order valence-electron chi connectivity index (χ4n) is 1.91. The van der Waals surface area contributed by atoms with Crippen LogP contribution in [-0.2, 0) is 6.54 Å². The zero-order valence-corrected chi connectivity index (χ0v) is 11.9. The van der Waals surface area contributed by atoms with Crippen LogP contribution in [0.15, 0.2) is 42.6 Å². The van der Waals surface area contributed by atoms with Crippen molar-refractivity contribution < 1.29 is 0 Å². The van der Waals surface area contributed by atoms with E-state index in [9.17, 15) is 0 Å². The predicted molar refractivity (Wildman–Crippen MR) is 81.1 cm³/mol. The summed E-state index contributed by atoms with van der Waals surface area (Å²) in [5.74, 6) is 0.646. The van der Waals surface area contributed by atoms with E-state index >= 15 is 0 Å². The molecule has 1 N–H and O–H groups in total. The molecule has 0 aliphatic rings.